The monoisotopic (exact) mass is 415 g/mol. The molecule has 15 heteroatoms. The number of nitro groups is 3. The van der Waals surface area contributed by atoms with Crippen LogP contribution in [0, 0.1) is 30.3 Å². The summed E-state index contributed by atoms with van der Waals surface area (Å²) in [6, 6.07) is 2.82. The number of benzene rings is 2. The van der Waals surface area contributed by atoms with Crippen molar-refractivity contribution in [1.29, 1.82) is 0 Å². The van der Waals surface area contributed by atoms with E-state index in [9.17, 15) is 48.6 Å². The van der Waals surface area contributed by atoms with Gasteiger partial charge < -0.3 is 5.11 Å². The topological polar surface area (TPSA) is 174 Å². The number of non-ortho nitro benzene ring substituents is 1. The third-order valence-corrected chi connectivity index (χ3v) is 3.42. The highest BCUT2D eigenvalue weighted by molar-refractivity contribution is 5.87. The summed E-state index contributed by atoms with van der Waals surface area (Å²) >= 11 is 0. The SMILES string of the molecule is O=[N+]([O-])c1cc(/C=N\Nc2ccc(C(F)(F)F)cc2[N+](=O)[O-])c(O)c([N+](=O)[O-])c1. The van der Waals surface area contributed by atoms with Gasteiger partial charge in [0.25, 0.3) is 11.4 Å². The van der Waals surface area contributed by atoms with E-state index in [2.05, 4.69) is 10.5 Å². The molecule has 0 saturated carbocycles. The molecule has 0 radical (unpaired) electrons. The maximum absolute atomic E-state index is 12.7. The second-order valence-electron chi connectivity index (χ2n) is 5.27. The molecule has 0 aliphatic rings. The van der Waals surface area contributed by atoms with Crippen LogP contribution in [0.3, 0.4) is 0 Å². The second kappa shape index (κ2) is 7.75. The molecule has 12 nitrogen and oxygen atoms in total. The first kappa shape index (κ1) is 21.0. The molecule has 0 amide bonds. The second-order valence-corrected chi connectivity index (χ2v) is 5.27. The summed E-state index contributed by atoms with van der Waals surface area (Å²) in [6.45, 7) is 0. The van der Waals surface area contributed by atoms with Gasteiger partial charge in [-0.25, -0.2) is 0 Å². The smallest absolute Gasteiger partial charge is 0.416 e. The quantitative estimate of drug-likeness (QED) is 0.409. The van der Waals surface area contributed by atoms with Crippen LogP contribution in [-0.2, 0) is 6.18 Å². The van der Waals surface area contributed by atoms with E-state index < -0.39 is 60.6 Å². The van der Waals surface area contributed by atoms with E-state index in [4.69, 9.17) is 0 Å². The molecule has 2 rings (SSSR count). The lowest BCUT2D eigenvalue weighted by atomic mass is 10.1. The molecule has 2 aromatic carbocycles. The Kier molecular flexibility index (Phi) is 5.61. The van der Waals surface area contributed by atoms with Crippen molar-refractivity contribution in [2.75, 3.05) is 5.43 Å². The Morgan fingerprint density at radius 2 is 1.59 bits per heavy atom. The van der Waals surface area contributed by atoms with E-state index >= 15 is 0 Å². The van der Waals surface area contributed by atoms with Crippen LogP contribution in [0.4, 0.5) is 35.9 Å². The Balaban J connectivity index is 2.40. The van der Waals surface area contributed by atoms with Crippen LogP contribution in [0.2, 0.25) is 0 Å². The molecule has 0 aliphatic carbocycles. The molecule has 0 spiro atoms. The summed E-state index contributed by atoms with van der Waals surface area (Å²) in [5.74, 6) is -0.965. The van der Waals surface area contributed by atoms with Crippen molar-refractivity contribution < 1.29 is 33.0 Å². The van der Waals surface area contributed by atoms with Crippen LogP contribution in [0.1, 0.15) is 11.1 Å². The zero-order valence-corrected chi connectivity index (χ0v) is 13.8. The van der Waals surface area contributed by atoms with Gasteiger partial charge in [-0.1, -0.05) is 0 Å². The third-order valence-electron chi connectivity index (χ3n) is 3.42. The van der Waals surface area contributed by atoms with Crippen LogP contribution in [0.15, 0.2) is 35.4 Å². The van der Waals surface area contributed by atoms with E-state index in [1.165, 1.54) is 0 Å². The summed E-state index contributed by atoms with van der Waals surface area (Å²) in [4.78, 5) is 29.6. The van der Waals surface area contributed by atoms with Gasteiger partial charge in [-0.2, -0.15) is 18.3 Å². The Morgan fingerprint density at radius 3 is 2.10 bits per heavy atom. The molecule has 0 saturated heterocycles. The Bertz CT molecular complexity index is 1040. The maximum Gasteiger partial charge on any atom is 0.416 e. The Morgan fingerprint density at radius 1 is 0.966 bits per heavy atom. The van der Waals surface area contributed by atoms with Gasteiger partial charge >= 0.3 is 11.9 Å². The van der Waals surface area contributed by atoms with Gasteiger partial charge in [0.1, 0.15) is 5.69 Å². The van der Waals surface area contributed by atoms with Crippen LogP contribution >= 0.6 is 0 Å². The molecule has 0 unspecified atom stereocenters. The zero-order valence-electron chi connectivity index (χ0n) is 13.8. The highest BCUT2D eigenvalue weighted by Gasteiger charge is 2.33. The van der Waals surface area contributed by atoms with Gasteiger partial charge in [0.2, 0.25) is 5.75 Å². The fraction of sp³-hybridized carbons (Fsp3) is 0.0714. The number of nitro benzene ring substituents is 3. The van der Waals surface area contributed by atoms with Gasteiger partial charge in [-0.3, -0.25) is 35.8 Å². The highest BCUT2D eigenvalue weighted by Crippen LogP contribution is 2.35. The first-order valence-electron chi connectivity index (χ1n) is 7.22. The van der Waals surface area contributed by atoms with E-state index in [0.717, 1.165) is 12.1 Å². The van der Waals surface area contributed by atoms with Crippen molar-refractivity contribution in [3.63, 3.8) is 0 Å². The fourth-order valence-electron chi connectivity index (χ4n) is 2.09. The lowest BCUT2D eigenvalue weighted by molar-refractivity contribution is -0.394. The molecule has 0 heterocycles. The lowest BCUT2D eigenvalue weighted by Crippen LogP contribution is -2.06. The standard InChI is InChI=1S/C14H8F3N5O7/c15-14(16,17)8-1-2-10(11(4-8)21(26)27)19-18-6-7-3-9(20(24)25)5-12(13(7)23)22(28)29/h1-6,19,23H/b18-6-. The number of aromatic hydroxyl groups is 1. The van der Waals surface area contributed by atoms with Crippen molar-refractivity contribution in [3.05, 3.63) is 71.8 Å². The van der Waals surface area contributed by atoms with E-state index in [1.807, 2.05) is 0 Å². The third kappa shape index (κ3) is 4.71. The Labute approximate surface area is 157 Å². The number of halogens is 3. The minimum absolute atomic E-state index is 0.271. The number of phenolic OH excluding ortho intramolecular Hbond substituents is 1. The lowest BCUT2D eigenvalue weighted by Gasteiger charge is -2.08. The number of nitrogens with zero attached hydrogens (tertiary/aromatic N) is 4. The summed E-state index contributed by atoms with van der Waals surface area (Å²) in [5, 5.41) is 46.0. The summed E-state index contributed by atoms with van der Waals surface area (Å²) in [7, 11) is 0. The summed E-state index contributed by atoms with van der Waals surface area (Å²) < 4.78 is 38.0. The zero-order chi connectivity index (χ0) is 21.9. The number of hydrogen-bond donors (Lipinski definition) is 2. The molecule has 152 valence electrons. The molecule has 0 fully saturated rings. The molecule has 0 bridgehead atoms. The number of alkyl halides is 3. The van der Waals surface area contributed by atoms with Crippen molar-refractivity contribution in [1.82, 2.24) is 0 Å². The van der Waals surface area contributed by atoms with Gasteiger partial charge in [0.05, 0.1) is 38.2 Å². The van der Waals surface area contributed by atoms with Gasteiger partial charge in [-0.15, -0.1) is 0 Å². The molecule has 0 aromatic heterocycles. The molecule has 0 aliphatic heterocycles. The van der Waals surface area contributed by atoms with Crippen molar-refractivity contribution in [3.8, 4) is 5.75 Å². The predicted molar refractivity (Wildman–Crippen MR) is 90.7 cm³/mol. The Hall–Kier alpha value is -4.30. The average Bonchev–Trinajstić information content (AvgIpc) is 2.61. The fourth-order valence-corrected chi connectivity index (χ4v) is 2.09. The first-order chi connectivity index (χ1) is 13.4. The van der Waals surface area contributed by atoms with Crippen LogP contribution in [0.5, 0.6) is 5.75 Å². The van der Waals surface area contributed by atoms with E-state index in [0.29, 0.717) is 18.3 Å². The van der Waals surface area contributed by atoms with Gasteiger partial charge in [0, 0.05) is 12.1 Å². The highest BCUT2D eigenvalue weighted by atomic mass is 19.4. The largest absolute Gasteiger partial charge is 0.502 e. The van der Waals surface area contributed by atoms with Crippen LogP contribution in [-0.4, -0.2) is 26.1 Å². The van der Waals surface area contributed by atoms with Crippen molar-refractivity contribution >= 4 is 29.0 Å². The molecule has 0 atom stereocenters. The average molecular weight is 415 g/mol. The number of hydrazone groups is 1. The number of anilines is 1. The van der Waals surface area contributed by atoms with Gasteiger partial charge in [-0.05, 0) is 12.1 Å². The first-order valence-corrected chi connectivity index (χ1v) is 7.22. The maximum atomic E-state index is 12.7. The summed E-state index contributed by atoms with van der Waals surface area (Å²) in [5.41, 5.74) is -2.85. The normalized spacial score (nSPS) is 11.4. The minimum atomic E-state index is -4.82. The number of phenols is 1. The minimum Gasteiger partial charge on any atom is -0.502 e. The van der Waals surface area contributed by atoms with E-state index in [-0.39, 0.29) is 6.07 Å². The summed E-state index contributed by atoms with van der Waals surface area (Å²) in [6.07, 6.45) is -4.14. The van der Waals surface area contributed by atoms with Crippen LogP contribution in [0.25, 0.3) is 0 Å². The molecule has 29 heavy (non-hydrogen) atoms. The predicted octanol–water partition coefficient (Wildman–Crippen LogP) is 3.58. The van der Waals surface area contributed by atoms with Gasteiger partial charge in [0.15, 0.2) is 0 Å². The van der Waals surface area contributed by atoms with E-state index in [1.54, 1.807) is 0 Å². The molecular formula is C14H8F3N5O7. The van der Waals surface area contributed by atoms with Crippen molar-refractivity contribution in [2.45, 2.75) is 6.18 Å². The van der Waals surface area contributed by atoms with Crippen LogP contribution < -0.4 is 5.43 Å². The number of rotatable bonds is 6. The molecular weight excluding hydrogens is 407 g/mol. The molecule has 2 N–H and O–H groups in total. The number of nitrogens with one attached hydrogen (secondary N) is 1. The molecule has 2 aromatic rings. The van der Waals surface area contributed by atoms with Crippen molar-refractivity contribution in [2.24, 2.45) is 5.10 Å². The number of hydrogen-bond acceptors (Lipinski definition) is 9.